The molecular formula is C11H17N3S2. The van der Waals surface area contributed by atoms with Crippen molar-refractivity contribution in [2.45, 2.75) is 18.6 Å². The molecule has 5 heteroatoms. The quantitative estimate of drug-likeness (QED) is 0.764. The van der Waals surface area contributed by atoms with Crippen molar-refractivity contribution >= 4 is 34.8 Å². The first-order chi connectivity index (χ1) is 7.65. The minimum Gasteiger partial charge on any atom is -0.389 e. The number of nitrogens with zero attached hydrogens (tertiary/aromatic N) is 1. The number of aromatic nitrogens is 1. The summed E-state index contributed by atoms with van der Waals surface area (Å²) in [5.74, 6) is 0.781. The van der Waals surface area contributed by atoms with Gasteiger partial charge in [-0.15, -0.1) is 0 Å². The van der Waals surface area contributed by atoms with Crippen molar-refractivity contribution in [1.29, 1.82) is 0 Å². The first-order valence-corrected chi connectivity index (χ1v) is 6.86. The second-order valence-electron chi connectivity index (χ2n) is 3.53. The van der Waals surface area contributed by atoms with Gasteiger partial charge in [-0.05, 0) is 24.8 Å². The van der Waals surface area contributed by atoms with Crippen LogP contribution in [0.25, 0.3) is 0 Å². The van der Waals surface area contributed by atoms with E-state index in [2.05, 4.69) is 23.5 Å². The summed E-state index contributed by atoms with van der Waals surface area (Å²) in [7, 11) is 0. The Balaban J connectivity index is 2.56. The molecular weight excluding hydrogens is 238 g/mol. The molecule has 1 aromatic rings. The molecule has 0 radical (unpaired) electrons. The molecule has 3 N–H and O–H groups in total. The zero-order valence-electron chi connectivity index (χ0n) is 9.56. The molecule has 0 aromatic carbocycles. The van der Waals surface area contributed by atoms with Crippen LogP contribution in [0, 0.1) is 0 Å². The van der Waals surface area contributed by atoms with Gasteiger partial charge in [-0.1, -0.05) is 19.1 Å². The van der Waals surface area contributed by atoms with Gasteiger partial charge in [0.2, 0.25) is 0 Å². The molecule has 3 nitrogen and oxygen atoms in total. The van der Waals surface area contributed by atoms with Crippen LogP contribution >= 0.6 is 24.0 Å². The largest absolute Gasteiger partial charge is 0.389 e. The minimum absolute atomic E-state index is 0.383. The lowest BCUT2D eigenvalue weighted by Crippen LogP contribution is -2.16. The van der Waals surface area contributed by atoms with Gasteiger partial charge < -0.3 is 11.1 Å². The van der Waals surface area contributed by atoms with E-state index in [0.717, 1.165) is 24.3 Å². The zero-order chi connectivity index (χ0) is 12.0. The Morgan fingerprint density at radius 1 is 1.69 bits per heavy atom. The molecule has 0 spiro atoms. The smallest absolute Gasteiger partial charge is 0.136 e. The van der Waals surface area contributed by atoms with Crippen LogP contribution in [0.4, 0.5) is 5.82 Å². The van der Waals surface area contributed by atoms with Gasteiger partial charge in [0.15, 0.2) is 0 Å². The summed E-state index contributed by atoms with van der Waals surface area (Å²) in [4.78, 5) is 4.62. The van der Waals surface area contributed by atoms with Gasteiger partial charge in [0.25, 0.3) is 0 Å². The Kier molecular flexibility index (Phi) is 5.55. The highest BCUT2D eigenvalue weighted by Crippen LogP contribution is 2.13. The summed E-state index contributed by atoms with van der Waals surface area (Å²) in [6, 6.07) is 3.72. The molecule has 1 rings (SSSR count). The average Bonchev–Trinajstić information content (AvgIpc) is 2.29. The van der Waals surface area contributed by atoms with Crippen molar-refractivity contribution < 1.29 is 0 Å². The fourth-order valence-electron chi connectivity index (χ4n) is 1.26. The summed E-state index contributed by atoms with van der Waals surface area (Å²) < 4.78 is 0. The van der Waals surface area contributed by atoms with Gasteiger partial charge in [0.05, 0.1) is 5.56 Å². The summed E-state index contributed by atoms with van der Waals surface area (Å²) in [6.45, 7) is 3.09. The van der Waals surface area contributed by atoms with E-state index in [-0.39, 0.29) is 0 Å². The highest BCUT2D eigenvalue weighted by atomic mass is 32.2. The van der Waals surface area contributed by atoms with Crippen LogP contribution in [-0.2, 0) is 0 Å². The molecule has 0 fully saturated rings. The van der Waals surface area contributed by atoms with Gasteiger partial charge >= 0.3 is 0 Å². The molecule has 88 valence electrons. The maximum absolute atomic E-state index is 5.62. The molecule has 0 bridgehead atoms. The van der Waals surface area contributed by atoms with Gasteiger partial charge in [-0.2, -0.15) is 11.8 Å². The van der Waals surface area contributed by atoms with E-state index in [0.29, 0.717) is 10.2 Å². The third-order valence-corrected chi connectivity index (χ3v) is 3.58. The third-order valence-electron chi connectivity index (χ3n) is 2.32. The predicted molar refractivity (Wildman–Crippen MR) is 76.2 cm³/mol. The molecule has 1 unspecified atom stereocenters. The van der Waals surface area contributed by atoms with E-state index < -0.39 is 0 Å². The monoisotopic (exact) mass is 255 g/mol. The number of hydrogen-bond donors (Lipinski definition) is 2. The van der Waals surface area contributed by atoms with Crippen LogP contribution in [0.2, 0.25) is 0 Å². The standard InChI is InChI=1S/C11H17N3S2/c1-8(16-2)5-7-14-11-9(10(12)15)4-3-6-13-11/h3-4,6,8H,5,7H2,1-2H3,(H2,12,15)(H,13,14). The molecule has 1 aromatic heterocycles. The summed E-state index contributed by atoms with van der Waals surface area (Å²) in [5, 5.41) is 3.91. The lowest BCUT2D eigenvalue weighted by atomic mass is 10.2. The first-order valence-electron chi connectivity index (χ1n) is 5.16. The van der Waals surface area contributed by atoms with Crippen LogP contribution < -0.4 is 11.1 Å². The van der Waals surface area contributed by atoms with Crippen LogP contribution in [0.5, 0.6) is 0 Å². The van der Waals surface area contributed by atoms with Crippen molar-refractivity contribution in [3.8, 4) is 0 Å². The number of rotatable bonds is 6. The fraction of sp³-hybridized carbons (Fsp3) is 0.455. The van der Waals surface area contributed by atoms with Crippen molar-refractivity contribution in [2.75, 3.05) is 18.1 Å². The Bertz CT molecular complexity index is 355. The molecule has 1 atom stereocenters. The lowest BCUT2D eigenvalue weighted by Gasteiger charge is -2.11. The molecule has 1 heterocycles. The molecule has 0 aliphatic carbocycles. The number of anilines is 1. The van der Waals surface area contributed by atoms with E-state index in [4.69, 9.17) is 18.0 Å². The van der Waals surface area contributed by atoms with Gasteiger partial charge in [0, 0.05) is 18.0 Å². The van der Waals surface area contributed by atoms with Crippen molar-refractivity contribution in [3.05, 3.63) is 23.9 Å². The Morgan fingerprint density at radius 2 is 2.44 bits per heavy atom. The molecule has 0 aliphatic heterocycles. The van der Waals surface area contributed by atoms with E-state index in [1.54, 1.807) is 6.20 Å². The fourth-order valence-corrected chi connectivity index (χ4v) is 1.77. The molecule has 0 amide bonds. The topological polar surface area (TPSA) is 50.9 Å². The maximum Gasteiger partial charge on any atom is 0.136 e. The van der Waals surface area contributed by atoms with Crippen LogP contribution in [-0.4, -0.2) is 28.0 Å². The number of thiocarbonyl (C=S) groups is 1. The maximum atomic E-state index is 5.62. The van der Waals surface area contributed by atoms with Gasteiger partial charge in [-0.3, -0.25) is 0 Å². The van der Waals surface area contributed by atoms with E-state index in [1.165, 1.54) is 0 Å². The highest BCUT2D eigenvalue weighted by Gasteiger charge is 2.05. The van der Waals surface area contributed by atoms with E-state index in [9.17, 15) is 0 Å². The zero-order valence-corrected chi connectivity index (χ0v) is 11.2. The van der Waals surface area contributed by atoms with Crippen LogP contribution in [0.3, 0.4) is 0 Å². The van der Waals surface area contributed by atoms with Crippen LogP contribution in [0.1, 0.15) is 18.9 Å². The third kappa shape index (κ3) is 3.98. The Labute approximate surface area is 106 Å². The molecule has 0 aliphatic rings. The average molecular weight is 255 g/mol. The number of nitrogens with two attached hydrogens (primary N) is 1. The van der Waals surface area contributed by atoms with Crippen molar-refractivity contribution in [3.63, 3.8) is 0 Å². The SMILES string of the molecule is CSC(C)CCNc1ncccc1C(N)=S. The van der Waals surface area contributed by atoms with E-state index in [1.807, 2.05) is 23.9 Å². The Morgan fingerprint density at radius 3 is 3.06 bits per heavy atom. The summed E-state index contributed by atoms with van der Waals surface area (Å²) >= 11 is 6.83. The second kappa shape index (κ2) is 6.70. The van der Waals surface area contributed by atoms with Gasteiger partial charge in [-0.25, -0.2) is 4.98 Å². The van der Waals surface area contributed by atoms with Crippen molar-refractivity contribution in [2.24, 2.45) is 5.73 Å². The predicted octanol–water partition coefficient (Wildman–Crippen LogP) is 2.27. The summed E-state index contributed by atoms with van der Waals surface area (Å²) in [5.41, 5.74) is 6.43. The van der Waals surface area contributed by atoms with Crippen LogP contribution in [0.15, 0.2) is 18.3 Å². The van der Waals surface area contributed by atoms with Crippen molar-refractivity contribution in [1.82, 2.24) is 4.98 Å². The van der Waals surface area contributed by atoms with Gasteiger partial charge in [0.1, 0.15) is 10.8 Å². The number of pyridine rings is 1. The van der Waals surface area contributed by atoms with E-state index >= 15 is 0 Å². The number of nitrogens with one attached hydrogen (secondary N) is 1. The number of hydrogen-bond acceptors (Lipinski definition) is 4. The molecule has 0 saturated carbocycles. The minimum atomic E-state index is 0.383. The molecule has 0 saturated heterocycles. The number of thioether (sulfide) groups is 1. The normalized spacial score (nSPS) is 12.1. The molecule has 16 heavy (non-hydrogen) atoms. The highest BCUT2D eigenvalue weighted by molar-refractivity contribution is 7.99. The second-order valence-corrected chi connectivity index (χ2v) is 5.24. The Hall–Kier alpha value is -0.810. The lowest BCUT2D eigenvalue weighted by molar-refractivity contribution is 0.850. The summed E-state index contributed by atoms with van der Waals surface area (Å²) in [6.07, 6.45) is 4.95. The first kappa shape index (κ1) is 13.3.